The predicted molar refractivity (Wildman–Crippen MR) is 60.4 cm³/mol. The zero-order valence-electron chi connectivity index (χ0n) is 9.20. The Morgan fingerprint density at radius 3 is 2.44 bits per heavy atom. The summed E-state index contributed by atoms with van der Waals surface area (Å²) in [6.07, 6.45) is 0.365. The van der Waals surface area contributed by atoms with Crippen LogP contribution in [0.1, 0.15) is 34.8 Å². The maximum Gasteiger partial charge on any atom is 0.234 e. The van der Waals surface area contributed by atoms with Gasteiger partial charge in [-0.3, -0.25) is 9.59 Å². The Kier molecular flexibility index (Phi) is 2.38. The summed E-state index contributed by atoms with van der Waals surface area (Å²) in [4.78, 5) is 23.4. The number of fused-ring (bicyclic) bond motifs is 1. The van der Waals surface area contributed by atoms with Gasteiger partial charge in [0.2, 0.25) is 11.6 Å². The number of benzene rings is 1. The maximum absolute atomic E-state index is 11.7. The number of hydrogen-bond acceptors (Lipinski definition) is 3. The van der Waals surface area contributed by atoms with Crippen molar-refractivity contribution in [1.29, 1.82) is 0 Å². The van der Waals surface area contributed by atoms with Gasteiger partial charge < -0.3 is 5.11 Å². The smallest absolute Gasteiger partial charge is 0.234 e. The van der Waals surface area contributed by atoms with E-state index in [9.17, 15) is 14.7 Å². The molecule has 0 saturated heterocycles. The number of allylic oxidation sites excluding steroid dienone is 1. The van der Waals surface area contributed by atoms with E-state index in [4.69, 9.17) is 0 Å². The lowest BCUT2D eigenvalue weighted by atomic mass is 9.86. The molecule has 2 rings (SSSR count). The molecule has 1 aliphatic carbocycles. The molecule has 1 N–H and O–H groups in total. The fourth-order valence-corrected chi connectivity index (χ4v) is 1.91. The van der Waals surface area contributed by atoms with Crippen LogP contribution in [0, 0.1) is 6.92 Å². The Morgan fingerprint density at radius 2 is 1.81 bits per heavy atom. The average molecular weight is 216 g/mol. The summed E-state index contributed by atoms with van der Waals surface area (Å²) in [5.74, 6) is -1.16. The molecule has 0 fully saturated rings. The minimum atomic E-state index is -0.587. The van der Waals surface area contributed by atoms with Gasteiger partial charge >= 0.3 is 0 Å². The van der Waals surface area contributed by atoms with E-state index in [0.29, 0.717) is 17.5 Å². The molecule has 3 nitrogen and oxygen atoms in total. The molecule has 16 heavy (non-hydrogen) atoms. The standard InChI is InChI=1S/C13H12O3/c1-3-8-11(14)10-6-7(2)4-5-9(10)13(16)12(8)15/h4-6,14H,3H2,1-2H3. The summed E-state index contributed by atoms with van der Waals surface area (Å²) in [5, 5.41) is 9.94. The predicted octanol–water partition coefficient (Wildman–Crippen LogP) is 2.44. The number of carbonyl (C=O) groups is 2. The summed E-state index contributed by atoms with van der Waals surface area (Å²) in [6, 6.07) is 5.08. The number of hydrogen-bond donors (Lipinski definition) is 1. The second kappa shape index (κ2) is 3.59. The van der Waals surface area contributed by atoms with Crippen molar-refractivity contribution in [3.63, 3.8) is 0 Å². The van der Waals surface area contributed by atoms with Crippen molar-refractivity contribution in [2.24, 2.45) is 0 Å². The summed E-state index contributed by atoms with van der Waals surface area (Å²) in [7, 11) is 0. The van der Waals surface area contributed by atoms with Crippen LogP contribution in [0.3, 0.4) is 0 Å². The minimum absolute atomic E-state index is 0.0502. The van der Waals surface area contributed by atoms with Gasteiger partial charge in [0, 0.05) is 16.7 Å². The highest BCUT2D eigenvalue weighted by molar-refractivity contribution is 6.52. The monoisotopic (exact) mass is 216 g/mol. The van der Waals surface area contributed by atoms with Crippen molar-refractivity contribution in [3.8, 4) is 0 Å². The van der Waals surface area contributed by atoms with Crippen molar-refractivity contribution in [2.75, 3.05) is 0 Å². The summed E-state index contributed by atoms with van der Waals surface area (Å²) in [6.45, 7) is 3.62. The molecule has 1 aliphatic rings. The lowest BCUT2D eigenvalue weighted by Gasteiger charge is -2.17. The number of aliphatic hydroxyl groups is 1. The highest BCUT2D eigenvalue weighted by Crippen LogP contribution is 2.29. The third kappa shape index (κ3) is 1.36. The first-order valence-corrected chi connectivity index (χ1v) is 5.18. The third-order valence-corrected chi connectivity index (χ3v) is 2.79. The molecule has 0 unspecified atom stereocenters. The molecule has 1 aromatic carbocycles. The Morgan fingerprint density at radius 1 is 1.12 bits per heavy atom. The SMILES string of the molecule is CCC1=C(O)c2cc(C)ccc2C(=O)C1=O. The van der Waals surface area contributed by atoms with Gasteiger partial charge in [-0.2, -0.15) is 0 Å². The van der Waals surface area contributed by atoms with Crippen LogP contribution in [0.5, 0.6) is 0 Å². The normalized spacial score (nSPS) is 15.4. The maximum atomic E-state index is 11.7. The summed E-state index contributed by atoms with van der Waals surface area (Å²) in [5.41, 5.74) is 1.93. The van der Waals surface area contributed by atoms with Crippen LogP contribution < -0.4 is 0 Å². The molecule has 0 aliphatic heterocycles. The Bertz CT molecular complexity index is 524. The molecule has 1 aromatic rings. The number of carbonyl (C=O) groups excluding carboxylic acids is 2. The number of aryl methyl sites for hydroxylation is 1. The lowest BCUT2D eigenvalue weighted by Crippen LogP contribution is -2.23. The van der Waals surface area contributed by atoms with Crippen LogP contribution in [-0.4, -0.2) is 16.7 Å². The molecule has 0 atom stereocenters. The van der Waals surface area contributed by atoms with E-state index in [0.717, 1.165) is 5.56 Å². The molecule has 0 radical (unpaired) electrons. The molecule has 3 heteroatoms. The van der Waals surface area contributed by atoms with Crippen molar-refractivity contribution in [1.82, 2.24) is 0 Å². The molecular formula is C13H12O3. The van der Waals surface area contributed by atoms with E-state index in [1.165, 1.54) is 0 Å². The number of Topliss-reactive ketones (excluding diaryl/α,β-unsaturated/α-hetero) is 2. The average Bonchev–Trinajstić information content (AvgIpc) is 2.27. The summed E-state index contributed by atoms with van der Waals surface area (Å²) >= 11 is 0. The molecule has 0 saturated carbocycles. The number of aliphatic hydroxyl groups excluding tert-OH is 1. The largest absolute Gasteiger partial charge is 0.507 e. The topological polar surface area (TPSA) is 54.4 Å². The Labute approximate surface area is 93.4 Å². The fraction of sp³-hybridized carbons (Fsp3) is 0.231. The minimum Gasteiger partial charge on any atom is -0.507 e. The van der Waals surface area contributed by atoms with Crippen LogP contribution in [0.4, 0.5) is 0 Å². The van der Waals surface area contributed by atoms with Gasteiger partial charge in [-0.1, -0.05) is 18.6 Å². The molecule has 0 amide bonds. The van der Waals surface area contributed by atoms with Gasteiger partial charge in [-0.15, -0.1) is 0 Å². The Hall–Kier alpha value is -1.90. The molecule has 82 valence electrons. The van der Waals surface area contributed by atoms with E-state index in [-0.39, 0.29) is 11.3 Å². The second-order valence-corrected chi connectivity index (χ2v) is 3.89. The second-order valence-electron chi connectivity index (χ2n) is 3.89. The fourth-order valence-electron chi connectivity index (χ4n) is 1.91. The van der Waals surface area contributed by atoms with Gasteiger partial charge in [-0.25, -0.2) is 0 Å². The van der Waals surface area contributed by atoms with Gasteiger partial charge in [0.05, 0.1) is 0 Å². The van der Waals surface area contributed by atoms with Gasteiger partial charge in [0.15, 0.2) is 0 Å². The lowest BCUT2D eigenvalue weighted by molar-refractivity contribution is -0.112. The van der Waals surface area contributed by atoms with Crippen LogP contribution >= 0.6 is 0 Å². The van der Waals surface area contributed by atoms with Crippen molar-refractivity contribution < 1.29 is 14.7 Å². The highest BCUT2D eigenvalue weighted by Gasteiger charge is 2.31. The molecule has 0 heterocycles. The highest BCUT2D eigenvalue weighted by atomic mass is 16.3. The quantitative estimate of drug-likeness (QED) is 0.733. The first-order valence-electron chi connectivity index (χ1n) is 5.18. The van der Waals surface area contributed by atoms with Crippen LogP contribution in [0.2, 0.25) is 0 Å². The zero-order valence-corrected chi connectivity index (χ0v) is 9.20. The van der Waals surface area contributed by atoms with Gasteiger partial charge in [-0.05, 0) is 25.5 Å². The first kappa shape index (κ1) is 10.6. The van der Waals surface area contributed by atoms with E-state index in [1.807, 2.05) is 6.92 Å². The zero-order chi connectivity index (χ0) is 11.9. The summed E-state index contributed by atoms with van der Waals surface area (Å²) < 4.78 is 0. The van der Waals surface area contributed by atoms with Crippen LogP contribution in [0.25, 0.3) is 5.76 Å². The van der Waals surface area contributed by atoms with E-state index >= 15 is 0 Å². The number of rotatable bonds is 1. The molecule has 0 spiro atoms. The van der Waals surface area contributed by atoms with Crippen molar-refractivity contribution in [2.45, 2.75) is 20.3 Å². The molecule has 0 aromatic heterocycles. The van der Waals surface area contributed by atoms with Gasteiger partial charge in [0.1, 0.15) is 5.76 Å². The molecular weight excluding hydrogens is 204 g/mol. The number of ketones is 2. The third-order valence-electron chi connectivity index (χ3n) is 2.79. The van der Waals surface area contributed by atoms with Gasteiger partial charge in [0.25, 0.3) is 0 Å². The van der Waals surface area contributed by atoms with Crippen molar-refractivity contribution in [3.05, 3.63) is 40.5 Å². The van der Waals surface area contributed by atoms with Crippen molar-refractivity contribution >= 4 is 17.3 Å². The van der Waals surface area contributed by atoms with E-state index < -0.39 is 11.6 Å². The first-order chi connectivity index (χ1) is 7.56. The van der Waals surface area contributed by atoms with Crippen LogP contribution in [0.15, 0.2) is 23.8 Å². The van der Waals surface area contributed by atoms with E-state index in [1.54, 1.807) is 25.1 Å². The van der Waals surface area contributed by atoms with E-state index in [2.05, 4.69) is 0 Å². The Balaban J connectivity index is 2.75. The molecule has 0 bridgehead atoms. The van der Waals surface area contributed by atoms with Crippen LogP contribution in [-0.2, 0) is 4.79 Å².